The largest absolute Gasteiger partial charge is 0.355 e. The summed E-state index contributed by atoms with van der Waals surface area (Å²) in [6.45, 7) is 3.96. The first-order chi connectivity index (χ1) is 14.0. The first-order valence-electron chi connectivity index (χ1n) is 10.4. The molecule has 1 aliphatic heterocycles. The summed E-state index contributed by atoms with van der Waals surface area (Å²) in [6.07, 6.45) is 3.81. The van der Waals surface area contributed by atoms with Crippen LogP contribution >= 0.6 is 0 Å². The molecule has 1 atom stereocenters. The van der Waals surface area contributed by atoms with Crippen LogP contribution in [-0.4, -0.2) is 38.3 Å². The maximum Gasteiger partial charge on any atom is 0.243 e. The van der Waals surface area contributed by atoms with Gasteiger partial charge in [0.15, 0.2) is 0 Å². The van der Waals surface area contributed by atoms with Crippen LogP contribution in [0, 0.1) is 0 Å². The lowest BCUT2D eigenvalue weighted by Gasteiger charge is -2.16. The molecular weight excluding hydrogens is 384 g/mol. The highest BCUT2D eigenvalue weighted by molar-refractivity contribution is 7.89. The number of carbonyl (C=O) groups is 1. The van der Waals surface area contributed by atoms with Crippen molar-refractivity contribution in [3.8, 4) is 0 Å². The molecule has 0 spiro atoms. The van der Waals surface area contributed by atoms with E-state index in [0.29, 0.717) is 43.3 Å². The maximum atomic E-state index is 12.6. The van der Waals surface area contributed by atoms with Crippen LogP contribution in [0.4, 0.5) is 0 Å². The molecule has 1 saturated heterocycles. The van der Waals surface area contributed by atoms with Crippen molar-refractivity contribution < 1.29 is 13.2 Å². The number of nitrogens with one attached hydrogen (secondary N) is 1. The molecule has 5 nitrogen and oxygen atoms in total. The fourth-order valence-corrected chi connectivity index (χ4v) is 5.23. The van der Waals surface area contributed by atoms with Crippen LogP contribution < -0.4 is 5.32 Å². The molecule has 1 heterocycles. The van der Waals surface area contributed by atoms with Crippen LogP contribution in [0.3, 0.4) is 0 Å². The predicted octanol–water partition coefficient (Wildman–Crippen LogP) is 3.71. The van der Waals surface area contributed by atoms with Crippen LogP contribution in [0.5, 0.6) is 0 Å². The molecule has 29 heavy (non-hydrogen) atoms. The van der Waals surface area contributed by atoms with E-state index in [1.807, 2.05) is 30.3 Å². The molecule has 0 unspecified atom stereocenters. The van der Waals surface area contributed by atoms with E-state index in [4.69, 9.17) is 0 Å². The zero-order chi connectivity index (χ0) is 20.7. The number of hydrogen-bond acceptors (Lipinski definition) is 3. The van der Waals surface area contributed by atoms with Gasteiger partial charge in [-0.25, -0.2) is 8.42 Å². The Kier molecular flexibility index (Phi) is 7.45. The van der Waals surface area contributed by atoms with E-state index >= 15 is 0 Å². The third-order valence-electron chi connectivity index (χ3n) is 5.58. The highest BCUT2D eigenvalue weighted by Crippen LogP contribution is 2.21. The van der Waals surface area contributed by atoms with E-state index in [1.54, 1.807) is 16.4 Å². The number of nitrogens with zero attached hydrogens (tertiary/aromatic N) is 1. The number of sulfonamides is 1. The summed E-state index contributed by atoms with van der Waals surface area (Å²) in [5.74, 6) is 0.336. The van der Waals surface area contributed by atoms with Crippen molar-refractivity contribution in [1.82, 2.24) is 9.62 Å². The number of rotatable bonds is 9. The van der Waals surface area contributed by atoms with Crippen LogP contribution in [0.25, 0.3) is 0 Å². The maximum absolute atomic E-state index is 12.6. The molecule has 6 heteroatoms. The van der Waals surface area contributed by atoms with Gasteiger partial charge in [-0.15, -0.1) is 0 Å². The third kappa shape index (κ3) is 5.67. The Morgan fingerprint density at radius 2 is 1.69 bits per heavy atom. The van der Waals surface area contributed by atoms with Gasteiger partial charge < -0.3 is 5.32 Å². The lowest BCUT2D eigenvalue weighted by Crippen LogP contribution is -2.28. The van der Waals surface area contributed by atoms with E-state index in [9.17, 15) is 13.2 Å². The van der Waals surface area contributed by atoms with Crippen LogP contribution in [-0.2, 0) is 21.2 Å². The predicted molar refractivity (Wildman–Crippen MR) is 115 cm³/mol. The van der Waals surface area contributed by atoms with Crippen molar-refractivity contribution in [3.63, 3.8) is 0 Å². The molecule has 2 aromatic carbocycles. The minimum absolute atomic E-state index is 0.0214. The van der Waals surface area contributed by atoms with Crippen molar-refractivity contribution in [2.75, 3.05) is 19.6 Å². The van der Waals surface area contributed by atoms with Gasteiger partial charge in [-0.3, -0.25) is 4.79 Å². The number of benzene rings is 2. The molecule has 2 aromatic rings. The molecule has 156 valence electrons. The zero-order valence-electron chi connectivity index (χ0n) is 17.0. The lowest BCUT2D eigenvalue weighted by atomic mass is 9.96. The number of hydrogen-bond donors (Lipinski definition) is 1. The van der Waals surface area contributed by atoms with Gasteiger partial charge in [0, 0.05) is 32.0 Å². The van der Waals surface area contributed by atoms with Gasteiger partial charge in [-0.1, -0.05) is 49.4 Å². The van der Waals surface area contributed by atoms with Crippen molar-refractivity contribution in [1.29, 1.82) is 0 Å². The van der Waals surface area contributed by atoms with E-state index in [-0.39, 0.29) is 5.91 Å². The Bertz CT molecular complexity index is 889. The standard InChI is InChI=1S/C23H30N2O3S/c1-2-20(21-8-4-3-5-9-21)18-24-23(26)15-12-19-10-13-22(14-11-19)29(27,28)25-16-6-7-17-25/h3-5,8-11,13-14,20H,2,6-7,12,15-18H2,1H3,(H,24,26)/t20-/m0/s1. The second-order valence-corrected chi connectivity index (χ2v) is 9.51. The van der Waals surface area contributed by atoms with Crippen molar-refractivity contribution in [2.45, 2.75) is 49.8 Å². The minimum Gasteiger partial charge on any atom is -0.355 e. The monoisotopic (exact) mass is 414 g/mol. The molecule has 0 bridgehead atoms. The Morgan fingerprint density at radius 3 is 2.31 bits per heavy atom. The van der Waals surface area contributed by atoms with Crippen molar-refractivity contribution in [3.05, 3.63) is 65.7 Å². The SMILES string of the molecule is CC[C@@H](CNC(=O)CCc1ccc(S(=O)(=O)N2CCCC2)cc1)c1ccccc1. The zero-order valence-corrected chi connectivity index (χ0v) is 17.8. The minimum atomic E-state index is -3.38. The van der Waals surface area contributed by atoms with E-state index < -0.39 is 10.0 Å². The lowest BCUT2D eigenvalue weighted by molar-refractivity contribution is -0.121. The normalized spacial score (nSPS) is 15.9. The molecule has 1 N–H and O–H groups in total. The van der Waals surface area contributed by atoms with Crippen LogP contribution in [0.2, 0.25) is 0 Å². The molecule has 0 radical (unpaired) electrons. The molecule has 0 saturated carbocycles. The number of carbonyl (C=O) groups excluding carboxylic acids is 1. The fraction of sp³-hybridized carbons (Fsp3) is 0.435. The van der Waals surface area contributed by atoms with Gasteiger partial charge >= 0.3 is 0 Å². The van der Waals surface area contributed by atoms with Gasteiger partial charge in [0.2, 0.25) is 15.9 Å². The molecule has 1 aliphatic rings. The van der Waals surface area contributed by atoms with Gasteiger partial charge in [-0.05, 0) is 48.9 Å². The summed E-state index contributed by atoms with van der Waals surface area (Å²) in [7, 11) is -3.38. The summed E-state index contributed by atoms with van der Waals surface area (Å²) in [4.78, 5) is 12.6. The molecule has 1 fully saturated rings. The third-order valence-corrected chi connectivity index (χ3v) is 7.49. The summed E-state index contributed by atoms with van der Waals surface area (Å²) in [6, 6.07) is 17.2. The first kappa shape index (κ1) is 21.5. The Labute approximate surface area is 174 Å². The summed E-state index contributed by atoms with van der Waals surface area (Å²) in [5, 5.41) is 3.03. The quantitative estimate of drug-likeness (QED) is 0.680. The Morgan fingerprint density at radius 1 is 1.03 bits per heavy atom. The Balaban J connectivity index is 1.49. The molecule has 0 aliphatic carbocycles. The highest BCUT2D eigenvalue weighted by Gasteiger charge is 2.26. The van der Waals surface area contributed by atoms with Gasteiger partial charge in [0.05, 0.1) is 4.90 Å². The summed E-state index contributed by atoms with van der Waals surface area (Å²) < 4.78 is 26.7. The van der Waals surface area contributed by atoms with Gasteiger partial charge in [0.1, 0.15) is 0 Å². The van der Waals surface area contributed by atoms with Crippen molar-refractivity contribution in [2.24, 2.45) is 0 Å². The average Bonchev–Trinajstić information content (AvgIpc) is 3.30. The van der Waals surface area contributed by atoms with E-state index in [1.165, 1.54) is 5.56 Å². The van der Waals surface area contributed by atoms with Crippen molar-refractivity contribution >= 4 is 15.9 Å². The summed E-state index contributed by atoms with van der Waals surface area (Å²) in [5.41, 5.74) is 2.21. The van der Waals surface area contributed by atoms with E-state index in [0.717, 1.165) is 24.8 Å². The average molecular weight is 415 g/mol. The topological polar surface area (TPSA) is 66.5 Å². The molecule has 0 aromatic heterocycles. The number of amides is 1. The van der Waals surface area contributed by atoms with Crippen LogP contribution in [0.15, 0.2) is 59.5 Å². The number of aryl methyl sites for hydroxylation is 1. The van der Waals surface area contributed by atoms with Gasteiger partial charge in [0.25, 0.3) is 0 Å². The molecular formula is C23H30N2O3S. The second kappa shape index (κ2) is 10.0. The molecule has 3 rings (SSSR count). The smallest absolute Gasteiger partial charge is 0.243 e. The second-order valence-electron chi connectivity index (χ2n) is 7.58. The fourth-order valence-electron chi connectivity index (χ4n) is 3.71. The highest BCUT2D eigenvalue weighted by atomic mass is 32.2. The Hall–Kier alpha value is -2.18. The summed E-state index contributed by atoms with van der Waals surface area (Å²) >= 11 is 0. The van der Waals surface area contributed by atoms with Crippen LogP contribution in [0.1, 0.15) is 49.7 Å². The van der Waals surface area contributed by atoms with E-state index in [2.05, 4.69) is 24.4 Å². The first-order valence-corrected chi connectivity index (χ1v) is 11.9. The molecule has 1 amide bonds. The van der Waals surface area contributed by atoms with Gasteiger partial charge in [-0.2, -0.15) is 4.31 Å².